The Hall–Kier alpha value is -1.87. The summed E-state index contributed by atoms with van der Waals surface area (Å²) in [5.74, 6) is 0. The summed E-state index contributed by atoms with van der Waals surface area (Å²) in [7, 11) is -1.42. The second-order valence-electron chi connectivity index (χ2n) is 4.22. The molecule has 0 radical (unpaired) electrons. The summed E-state index contributed by atoms with van der Waals surface area (Å²) < 4.78 is 42.7. The van der Waals surface area contributed by atoms with Crippen molar-refractivity contribution in [2.45, 2.75) is 13.1 Å². The van der Waals surface area contributed by atoms with Crippen LogP contribution in [0.15, 0.2) is 65.8 Å². The van der Waals surface area contributed by atoms with Gasteiger partial charge in [-0.3, -0.25) is 0 Å². The van der Waals surface area contributed by atoms with E-state index >= 15 is 0 Å². The quantitative estimate of drug-likeness (QED) is 0.475. The van der Waals surface area contributed by atoms with E-state index in [0.717, 1.165) is 17.5 Å². The first-order chi connectivity index (χ1) is 9.98. The number of hydrogen-bond acceptors (Lipinski definition) is 2. The van der Waals surface area contributed by atoms with Crippen LogP contribution in [0.2, 0.25) is 0 Å². The summed E-state index contributed by atoms with van der Waals surface area (Å²) in [5.41, 5.74) is -0.998. The van der Waals surface area contributed by atoms with Crippen molar-refractivity contribution < 1.29 is 17.8 Å². The number of oxime groups is 1. The number of hydrogen-bond donors (Lipinski definition) is 0. The molecule has 2 nitrogen and oxygen atoms in total. The van der Waals surface area contributed by atoms with Crippen LogP contribution in [0.4, 0.5) is 13.2 Å². The number of halogens is 3. The molecule has 0 atom stereocenters. The lowest BCUT2D eigenvalue weighted by atomic mass is 10.4. The van der Waals surface area contributed by atoms with E-state index < -0.39 is 20.0 Å². The number of nitrogens with zero attached hydrogens (tertiary/aromatic N) is 1. The van der Waals surface area contributed by atoms with Crippen LogP contribution in [-0.4, -0.2) is 11.9 Å². The molecule has 6 heteroatoms. The van der Waals surface area contributed by atoms with Crippen LogP contribution in [0.25, 0.3) is 0 Å². The first-order valence-electron chi connectivity index (χ1n) is 6.17. The molecule has 0 bridgehead atoms. The van der Waals surface area contributed by atoms with Crippen molar-refractivity contribution in [2.75, 3.05) is 0 Å². The third-order valence-electron chi connectivity index (χ3n) is 2.65. The Kier molecular flexibility index (Phi) is 4.97. The summed E-state index contributed by atoms with van der Waals surface area (Å²) in [6.07, 6.45) is -4.48. The standard InChI is InChI=1S/C15H13F3NOP/c1-12(15(16,17)18)19-20-21(13-8-4-2-5-9-13)14-10-6-3-7-11-14/h2-11H,1H3/b19-12+. The van der Waals surface area contributed by atoms with Gasteiger partial charge in [0.25, 0.3) is 0 Å². The first-order valence-corrected chi connectivity index (χ1v) is 7.43. The Labute approximate surface area is 122 Å². The Balaban J connectivity index is 2.30. The molecule has 110 valence electrons. The van der Waals surface area contributed by atoms with Crippen molar-refractivity contribution in [2.24, 2.45) is 5.16 Å². The minimum atomic E-state index is -4.48. The minimum absolute atomic E-state index is 0.803. The fourth-order valence-electron chi connectivity index (χ4n) is 1.52. The van der Waals surface area contributed by atoms with Crippen molar-refractivity contribution in [3.63, 3.8) is 0 Å². The van der Waals surface area contributed by atoms with Gasteiger partial charge in [0.2, 0.25) is 0 Å². The van der Waals surface area contributed by atoms with Crippen LogP contribution in [0.3, 0.4) is 0 Å². The fraction of sp³-hybridized carbons (Fsp3) is 0.133. The number of alkyl halides is 3. The van der Waals surface area contributed by atoms with Crippen LogP contribution >= 0.6 is 8.15 Å². The third-order valence-corrected chi connectivity index (χ3v) is 4.43. The number of rotatable bonds is 4. The van der Waals surface area contributed by atoms with Crippen LogP contribution in [-0.2, 0) is 4.62 Å². The maximum Gasteiger partial charge on any atom is 0.432 e. The zero-order chi connectivity index (χ0) is 15.3. The first kappa shape index (κ1) is 15.5. The lowest BCUT2D eigenvalue weighted by Crippen LogP contribution is -2.20. The van der Waals surface area contributed by atoms with Gasteiger partial charge in [0.1, 0.15) is 0 Å². The van der Waals surface area contributed by atoms with E-state index in [1.54, 1.807) is 0 Å². The number of benzene rings is 2. The average Bonchev–Trinajstić information content (AvgIpc) is 2.48. The normalized spacial score (nSPS) is 12.5. The smallest absolute Gasteiger partial charge is 0.367 e. The van der Waals surface area contributed by atoms with Gasteiger partial charge in [-0.15, -0.1) is 0 Å². The van der Waals surface area contributed by atoms with E-state index in [1.807, 2.05) is 60.7 Å². The molecule has 0 heterocycles. The molecule has 21 heavy (non-hydrogen) atoms. The monoisotopic (exact) mass is 311 g/mol. The highest BCUT2D eigenvalue weighted by Crippen LogP contribution is 2.35. The maximum absolute atomic E-state index is 12.5. The van der Waals surface area contributed by atoms with Crippen molar-refractivity contribution >= 4 is 24.5 Å². The van der Waals surface area contributed by atoms with Gasteiger partial charge in [0, 0.05) is 10.6 Å². The van der Waals surface area contributed by atoms with Gasteiger partial charge in [-0.05, 0) is 6.92 Å². The van der Waals surface area contributed by atoms with Gasteiger partial charge < -0.3 is 4.62 Å². The molecule has 0 saturated carbocycles. The molecule has 0 aliphatic heterocycles. The van der Waals surface area contributed by atoms with Gasteiger partial charge in [-0.2, -0.15) is 13.2 Å². The largest absolute Gasteiger partial charge is 0.432 e. The Bertz CT molecular complexity index is 560. The fourth-order valence-corrected chi connectivity index (χ4v) is 3.10. The van der Waals surface area contributed by atoms with Crippen LogP contribution < -0.4 is 10.6 Å². The molecule has 0 aliphatic rings. The van der Waals surface area contributed by atoms with Gasteiger partial charge >= 0.3 is 6.18 Å². The lowest BCUT2D eigenvalue weighted by molar-refractivity contribution is -0.0608. The van der Waals surface area contributed by atoms with E-state index in [-0.39, 0.29) is 0 Å². The van der Waals surface area contributed by atoms with Crippen LogP contribution in [0.1, 0.15) is 6.92 Å². The molecular weight excluding hydrogens is 298 g/mol. The third kappa shape index (κ3) is 4.30. The zero-order valence-electron chi connectivity index (χ0n) is 11.2. The highest BCUT2D eigenvalue weighted by molar-refractivity contribution is 7.68. The predicted molar refractivity (Wildman–Crippen MR) is 79.3 cm³/mol. The molecule has 0 aliphatic carbocycles. The van der Waals surface area contributed by atoms with Crippen molar-refractivity contribution in [1.29, 1.82) is 0 Å². The Morgan fingerprint density at radius 1 is 0.905 bits per heavy atom. The van der Waals surface area contributed by atoms with E-state index in [4.69, 9.17) is 4.62 Å². The molecule has 0 fully saturated rings. The summed E-state index contributed by atoms with van der Waals surface area (Å²) in [4.78, 5) is 0. The van der Waals surface area contributed by atoms with E-state index in [2.05, 4.69) is 5.16 Å². The van der Waals surface area contributed by atoms with E-state index in [1.165, 1.54) is 0 Å². The van der Waals surface area contributed by atoms with Gasteiger partial charge in [0.15, 0.2) is 13.9 Å². The van der Waals surface area contributed by atoms with Gasteiger partial charge in [-0.1, -0.05) is 65.8 Å². The van der Waals surface area contributed by atoms with Gasteiger partial charge in [-0.25, -0.2) is 0 Å². The van der Waals surface area contributed by atoms with Gasteiger partial charge in [0.05, 0.1) is 0 Å². The Morgan fingerprint density at radius 3 is 1.71 bits per heavy atom. The molecule has 0 aromatic heterocycles. The average molecular weight is 311 g/mol. The van der Waals surface area contributed by atoms with Crippen molar-refractivity contribution in [3.8, 4) is 0 Å². The van der Waals surface area contributed by atoms with Crippen molar-refractivity contribution in [1.82, 2.24) is 0 Å². The summed E-state index contributed by atoms with van der Waals surface area (Å²) in [6, 6.07) is 18.2. The Morgan fingerprint density at radius 2 is 1.33 bits per heavy atom. The van der Waals surface area contributed by atoms with Crippen LogP contribution in [0, 0.1) is 0 Å². The molecule has 0 saturated heterocycles. The SMILES string of the molecule is C/C(=N\OP(c1ccccc1)c1ccccc1)C(F)(F)F. The van der Waals surface area contributed by atoms with E-state index in [9.17, 15) is 13.2 Å². The topological polar surface area (TPSA) is 21.6 Å². The van der Waals surface area contributed by atoms with Crippen LogP contribution in [0.5, 0.6) is 0 Å². The molecule has 0 spiro atoms. The van der Waals surface area contributed by atoms with E-state index in [0.29, 0.717) is 0 Å². The lowest BCUT2D eigenvalue weighted by Gasteiger charge is -2.16. The predicted octanol–water partition coefficient (Wildman–Crippen LogP) is 3.99. The molecule has 0 amide bonds. The molecular formula is C15H13F3NOP. The summed E-state index contributed by atoms with van der Waals surface area (Å²) >= 11 is 0. The zero-order valence-corrected chi connectivity index (χ0v) is 12.1. The molecule has 2 aromatic carbocycles. The summed E-state index contributed by atoms with van der Waals surface area (Å²) in [5, 5.41) is 4.88. The van der Waals surface area contributed by atoms with Crippen molar-refractivity contribution in [3.05, 3.63) is 60.7 Å². The molecule has 2 rings (SSSR count). The summed E-state index contributed by atoms with van der Waals surface area (Å²) in [6.45, 7) is 0.892. The molecule has 0 unspecified atom stereocenters. The minimum Gasteiger partial charge on any atom is -0.367 e. The second-order valence-corrected chi connectivity index (χ2v) is 6.01. The maximum atomic E-state index is 12.5. The second kappa shape index (κ2) is 6.72. The molecule has 2 aromatic rings. The highest BCUT2D eigenvalue weighted by Gasteiger charge is 2.33. The highest BCUT2D eigenvalue weighted by atomic mass is 31.1. The molecule has 0 N–H and O–H groups in total.